The maximum atomic E-state index is 13.0. The van der Waals surface area contributed by atoms with Crippen LogP contribution >= 0.6 is 23.4 Å². The minimum Gasteiger partial charge on any atom is -0.465 e. The molecule has 0 bridgehead atoms. The van der Waals surface area contributed by atoms with E-state index in [-0.39, 0.29) is 23.6 Å². The van der Waals surface area contributed by atoms with E-state index in [9.17, 15) is 14.4 Å². The highest BCUT2D eigenvalue weighted by Crippen LogP contribution is 2.21. The van der Waals surface area contributed by atoms with Gasteiger partial charge in [-0.3, -0.25) is 14.2 Å². The summed E-state index contributed by atoms with van der Waals surface area (Å²) in [5.74, 6) is -0.550. The zero-order valence-corrected chi connectivity index (χ0v) is 18.0. The molecule has 156 valence electrons. The van der Waals surface area contributed by atoms with Crippen LogP contribution in [0.4, 0.5) is 0 Å². The zero-order chi connectivity index (χ0) is 21.7. The summed E-state index contributed by atoms with van der Waals surface area (Å²) in [6.45, 7) is 0.598. The van der Waals surface area contributed by atoms with E-state index in [0.717, 1.165) is 11.8 Å². The largest absolute Gasteiger partial charge is 0.465 e. The zero-order valence-electron chi connectivity index (χ0n) is 16.4. The van der Waals surface area contributed by atoms with Gasteiger partial charge >= 0.3 is 5.97 Å². The van der Waals surface area contributed by atoms with Crippen LogP contribution in [-0.4, -0.2) is 47.9 Å². The predicted molar refractivity (Wildman–Crippen MR) is 116 cm³/mol. The van der Waals surface area contributed by atoms with Crippen molar-refractivity contribution >= 4 is 46.0 Å². The van der Waals surface area contributed by atoms with Crippen molar-refractivity contribution in [2.75, 3.05) is 26.6 Å². The molecule has 1 aromatic heterocycles. The third-order valence-corrected chi connectivity index (χ3v) is 5.59. The van der Waals surface area contributed by atoms with Gasteiger partial charge in [0.15, 0.2) is 10.9 Å². The third kappa shape index (κ3) is 4.89. The molecule has 0 spiro atoms. The van der Waals surface area contributed by atoms with E-state index in [1.807, 2.05) is 0 Å². The van der Waals surface area contributed by atoms with Crippen molar-refractivity contribution in [1.82, 2.24) is 9.55 Å². The molecule has 7 nitrogen and oxygen atoms in total. The Morgan fingerprint density at radius 2 is 1.80 bits per heavy atom. The number of thioether (sulfide) groups is 1. The fraction of sp³-hybridized carbons (Fsp3) is 0.238. The van der Waals surface area contributed by atoms with Crippen molar-refractivity contribution in [3.8, 4) is 0 Å². The Balaban J connectivity index is 1.96. The summed E-state index contributed by atoms with van der Waals surface area (Å²) < 4.78 is 11.3. The van der Waals surface area contributed by atoms with Gasteiger partial charge in [0.05, 0.1) is 42.5 Å². The van der Waals surface area contributed by atoms with Crippen molar-refractivity contribution < 1.29 is 19.1 Å². The van der Waals surface area contributed by atoms with Gasteiger partial charge in [-0.25, -0.2) is 9.78 Å². The van der Waals surface area contributed by atoms with E-state index in [1.165, 1.54) is 23.8 Å². The first kappa shape index (κ1) is 22.0. The van der Waals surface area contributed by atoms with Gasteiger partial charge in [0, 0.05) is 17.7 Å². The normalized spacial score (nSPS) is 10.9. The standard InChI is InChI=1S/C21H19ClN2O5S/c1-28-10-9-24-19(26)16-8-5-14(20(27)29-2)11-17(16)23-21(24)30-12-18(25)13-3-6-15(22)7-4-13/h3-8,11H,9-10,12H2,1-2H3. The molecule has 0 saturated heterocycles. The van der Waals surface area contributed by atoms with E-state index in [1.54, 1.807) is 37.4 Å². The summed E-state index contributed by atoms with van der Waals surface area (Å²) >= 11 is 7.02. The number of carbonyl (C=O) groups is 2. The minimum absolute atomic E-state index is 0.0866. The summed E-state index contributed by atoms with van der Waals surface area (Å²) in [6.07, 6.45) is 0. The number of rotatable bonds is 8. The second-order valence-corrected chi connectivity index (χ2v) is 7.67. The van der Waals surface area contributed by atoms with E-state index < -0.39 is 5.97 Å². The van der Waals surface area contributed by atoms with Crippen LogP contribution in [0, 0.1) is 0 Å². The summed E-state index contributed by atoms with van der Waals surface area (Å²) in [5, 5.41) is 1.28. The Morgan fingerprint density at radius 3 is 2.47 bits per heavy atom. The van der Waals surface area contributed by atoms with Crippen molar-refractivity contribution in [3.63, 3.8) is 0 Å². The van der Waals surface area contributed by atoms with E-state index in [2.05, 4.69) is 4.98 Å². The molecule has 0 saturated carbocycles. The highest BCUT2D eigenvalue weighted by molar-refractivity contribution is 7.99. The van der Waals surface area contributed by atoms with Gasteiger partial charge in [0.1, 0.15) is 0 Å². The van der Waals surface area contributed by atoms with Crippen LogP contribution in [0.2, 0.25) is 5.02 Å². The molecule has 0 unspecified atom stereocenters. The number of nitrogens with zero attached hydrogens (tertiary/aromatic N) is 2. The molecule has 0 aliphatic carbocycles. The van der Waals surface area contributed by atoms with Crippen molar-refractivity contribution in [2.24, 2.45) is 0 Å². The molecule has 2 aromatic carbocycles. The Bertz CT molecular complexity index is 1140. The third-order valence-electron chi connectivity index (χ3n) is 4.36. The maximum absolute atomic E-state index is 13.0. The Morgan fingerprint density at radius 1 is 1.10 bits per heavy atom. The number of ether oxygens (including phenoxy) is 2. The van der Waals surface area contributed by atoms with E-state index in [4.69, 9.17) is 21.1 Å². The van der Waals surface area contributed by atoms with Gasteiger partial charge in [-0.05, 0) is 42.5 Å². The molecule has 0 N–H and O–H groups in total. The average Bonchev–Trinajstić information content (AvgIpc) is 2.76. The molecule has 0 aliphatic heterocycles. The quantitative estimate of drug-likeness (QED) is 0.226. The smallest absolute Gasteiger partial charge is 0.337 e. The second-order valence-electron chi connectivity index (χ2n) is 6.29. The first-order chi connectivity index (χ1) is 14.4. The number of hydrogen-bond acceptors (Lipinski definition) is 7. The minimum atomic E-state index is -0.519. The fourth-order valence-electron chi connectivity index (χ4n) is 2.78. The van der Waals surface area contributed by atoms with Crippen LogP contribution in [0.25, 0.3) is 10.9 Å². The molecule has 0 fully saturated rings. The van der Waals surface area contributed by atoms with Gasteiger partial charge in [-0.15, -0.1) is 0 Å². The lowest BCUT2D eigenvalue weighted by atomic mass is 10.1. The second kappa shape index (κ2) is 9.88. The Hall–Kier alpha value is -2.68. The molecule has 0 amide bonds. The number of benzene rings is 2. The van der Waals surface area contributed by atoms with Crippen LogP contribution < -0.4 is 5.56 Å². The average molecular weight is 447 g/mol. The Kier molecular flexibility index (Phi) is 7.25. The molecular weight excluding hydrogens is 428 g/mol. The van der Waals surface area contributed by atoms with Gasteiger partial charge in [0.2, 0.25) is 0 Å². The number of aromatic nitrogens is 2. The maximum Gasteiger partial charge on any atom is 0.337 e. The number of methoxy groups -OCH3 is 2. The molecular formula is C21H19ClN2O5S. The van der Waals surface area contributed by atoms with Gasteiger partial charge in [-0.1, -0.05) is 23.4 Å². The number of ketones is 1. The summed E-state index contributed by atoms with van der Waals surface area (Å²) in [4.78, 5) is 41.9. The lowest BCUT2D eigenvalue weighted by Crippen LogP contribution is -2.25. The van der Waals surface area contributed by atoms with Crippen LogP contribution in [-0.2, 0) is 16.0 Å². The summed E-state index contributed by atoms with van der Waals surface area (Å²) in [6, 6.07) is 11.2. The van der Waals surface area contributed by atoms with Crippen LogP contribution in [0.1, 0.15) is 20.7 Å². The highest BCUT2D eigenvalue weighted by Gasteiger charge is 2.16. The molecule has 0 atom stereocenters. The number of hydrogen-bond donors (Lipinski definition) is 0. The number of fused-ring (bicyclic) bond motifs is 1. The van der Waals surface area contributed by atoms with Crippen LogP contribution in [0.5, 0.6) is 0 Å². The number of esters is 1. The summed E-state index contributed by atoms with van der Waals surface area (Å²) in [5.41, 5.74) is 0.902. The molecule has 1 heterocycles. The van der Waals surface area contributed by atoms with Crippen LogP contribution in [0.3, 0.4) is 0 Å². The first-order valence-electron chi connectivity index (χ1n) is 8.98. The SMILES string of the molecule is COCCn1c(SCC(=O)c2ccc(Cl)cc2)nc2cc(C(=O)OC)ccc2c1=O. The van der Waals surface area contributed by atoms with Crippen LogP contribution in [0.15, 0.2) is 52.4 Å². The first-order valence-corrected chi connectivity index (χ1v) is 10.3. The van der Waals surface area contributed by atoms with Gasteiger partial charge < -0.3 is 9.47 Å². The number of halogens is 1. The molecule has 3 aromatic rings. The topological polar surface area (TPSA) is 87.5 Å². The van der Waals surface area contributed by atoms with Crippen molar-refractivity contribution in [1.29, 1.82) is 0 Å². The lowest BCUT2D eigenvalue weighted by molar-refractivity contribution is 0.0600. The lowest BCUT2D eigenvalue weighted by Gasteiger charge is -2.13. The van der Waals surface area contributed by atoms with Crippen molar-refractivity contribution in [3.05, 3.63) is 69.0 Å². The van der Waals surface area contributed by atoms with E-state index in [0.29, 0.717) is 38.8 Å². The fourth-order valence-corrected chi connectivity index (χ4v) is 3.83. The van der Waals surface area contributed by atoms with Crippen molar-refractivity contribution in [2.45, 2.75) is 11.7 Å². The molecule has 0 aliphatic rings. The number of carbonyl (C=O) groups excluding carboxylic acids is 2. The Labute approximate surface area is 182 Å². The molecule has 9 heteroatoms. The summed E-state index contributed by atoms with van der Waals surface area (Å²) in [7, 11) is 2.82. The predicted octanol–water partition coefficient (Wildman–Crippen LogP) is 3.46. The van der Waals surface area contributed by atoms with Gasteiger partial charge in [-0.2, -0.15) is 0 Å². The highest BCUT2D eigenvalue weighted by atomic mass is 35.5. The molecule has 3 rings (SSSR count). The van der Waals surface area contributed by atoms with E-state index >= 15 is 0 Å². The monoisotopic (exact) mass is 446 g/mol. The molecule has 30 heavy (non-hydrogen) atoms. The number of Topliss-reactive ketones (excluding diaryl/α,β-unsaturated/α-hetero) is 1. The molecule has 0 radical (unpaired) electrons. The van der Waals surface area contributed by atoms with Gasteiger partial charge in [0.25, 0.3) is 5.56 Å².